The fraction of sp³-hybridized carbons (Fsp3) is 0.414. The van der Waals surface area contributed by atoms with Crippen LogP contribution in [-0.2, 0) is 29.1 Å². The molecule has 0 amide bonds. The first-order chi connectivity index (χ1) is 17.5. The van der Waals surface area contributed by atoms with E-state index in [2.05, 4.69) is 47.2 Å². The monoisotopic (exact) mass is 486 g/mol. The van der Waals surface area contributed by atoms with E-state index in [1.54, 1.807) is 6.20 Å². The van der Waals surface area contributed by atoms with Gasteiger partial charge in [-0.15, -0.1) is 0 Å². The maximum Gasteiger partial charge on any atom is 0.310 e. The van der Waals surface area contributed by atoms with Crippen LogP contribution in [-0.4, -0.2) is 42.7 Å². The summed E-state index contributed by atoms with van der Waals surface area (Å²) in [5, 5.41) is 3.45. The molecule has 0 spiro atoms. The topological polar surface area (TPSA) is 76.6 Å². The lowest BCUT2D eigenvalue weighted by atomic mass is 9.93. The van der Waals surface area contributed by atoms with E-state index in [-0.39, 0.29) is 11.9 Å². The van der Waals surface area contributed by atoms with Gasteiger partial charge in [0.1, 0.15) is 12.4 Å². The fourth-order valence-electron chi connectivity index (χ4n) is 5.33. The van der Waals surface area contributed by atoms with Gasteiger partial charge in [-0.1, -0.05) is 24.3 Å². The Bertz CT molecular complexity index is 1260. The number of ether oxygens (including phenoxy) is 2. The molecule has 0 aliphatic carbocycles. The van der Waals surface area contributed by atoms with Gasteiger partial charge < -0.3 is 19.7 Å². The Kier molecular flexibility index (Phi) is 7.18. The molecule has 1 atom stereocenters. The average Bonchev–Trinajstić information content (AvgIpc) is 2.93. The number of aryl methyl sites for hydroxylation is 1. The third-order valence-electron chi connectivity index (χ3n) is 7.42. The van der Waals surface area contributed by atoms with Crippen molar-refractivity contribution in [2.45, 2.75) is 46.3 Å². The molecule has 3 heterocycles. The van der Waals surface area contributed by atoms with Crippen molar-refractivity contribution in [3.05, 3.63) is 70.4 Å². The Balaban J connectivity index is 1.39. The van der Waals surface area contributed by atoms with Gasteiger partial charge in [-0.2, -0.15) is 0 Å². The van der Waals surface area contributed by atoms with Crippen molar-refractivity contribution in [2.24, 2.45) is 5.92 Å². The highest BCUT2D eigenvalue weighted by Crippen LogP contribution is 2.34. The summed E-state index contributed by atoms with van der Waals surface area (Å²) in [6.07, 6.45) is 4.58. The largest absolute Gasteiger partial charge is 0.488 e. The van der Waals surface area contributed by atoms with Gasteiger partial charge >= 0.3 is 5.97 Å². The van der Waals surface area contributed by atoms with Crippen molar-refractivity contribution < 1.29 is 14.3 Å². The molecule has 1 fully saturated rings. The van der Waals surface area contributed by atoms with E-state index in [1.165, 1.54) is 29.4 Å². The number of nitrogens with one attached hydrogen (secondary N) is 1. The molecule has 188 valence electrons. The molecule has 1 N–H and O–H groups in total. The summed E-state index contributed by atoms with van der Waals surface area (Å²) in [6, 6.07) is 12.5. The zero-order valence-electron chi connectivity index (χ0n) is 21.3. The quantitative estimate of drug-likeness (QED) is 0.519. The van der Waals surface area contributed by atoms with E-state index < -0.39 is 0 Å². The summed E-state index contributed by atoms with van der Waals surface area (Å²) < 4.78 is 11.5. The van der Waals surface area contributed by atoms with Crippen LogP contribution in [0.1, 0.15) is 40.7 Å². The van der Waals surface area contributed by atoms with E-state index in [4.69, 9.17) is 14.5 Å². The molecule has 5 rings (SSSR count). The van der Waals surface area contributed by atoms with Gasteiger partial charge in [0.25, 0.3) is 0 Å². The van der Waals surface area contributed by atoms with E-state index in [1.807, 2.05) is 18.2 Å². The van der Waals surface area contributed by atoms with Crippen LogP contribution in [0.25, 0.3) is 11.3 Å². The number of hydrogen-bond donors (Lipinski definition) is 1. The minimum atomic E-state index is -0.168. The first kappa shape index (κ1) is 24.3. The number of fused-ring (bicyclic) bond motifs is 1. The number of anilines is 1. The van der Waals surface area contributed by atoms with Crippen LogP contribution in [0.4, 0.5) is 5.95 Å². The number of carbonyl (C=O) groups excluding carboxylic acids is 1. The number of rotatable bonds is 6. The Labute approximate surface area is 212 Å². The molecule has 7 nitrogen and oxygen atoms in total. The molecule has 36 heavy (non-hydrogen) atoms. The predicted octanol–water partition coefficient (Wildman–Crippen LogP) is 4.37. The molecule has 0 bridgehead atoms. The predicted molar refractivity (Wildman–Crippen MR) is 140 cm³/mol. The highest BCUT2D eigenvalue weighted by atomic mass is 16.5. The zero-order chi connectivity index (χ0) is 25.1. The van der Waals surface area contributed by atoms with Gasteiger partial charge in [0.2, 0.25) is 5.95 Å². The molecular formula is C29H34N4O3. The number of methoxy groups -OCH3 is 1. The number of para-hydroxylation sites is 1. The second-order valence-corrected chi connectivity index (χ2v) is 9.70. The fourth-order valence-corrected chi connectivity index (χ4v) is 5.33. The SMILES string of the molecule is COC(=O)[C@@H]1CCCN(c2nccc(-c3cccc(C)c3OCc3ccc4c(c3C)CCNC4)n2)C1. The van der Waals surface area contributed by atoms with E-state index in [0.717, 1.165) is 61.5 Å². The summed E-state index contributed by atoms with van der Waals surface area (Å²) in [5.41, 5.74) is 8.21. The molecule has 2 aliphatic heterocycles. The third kappa shape index (κ3) is 4.93. The summed E-state index contributed by atoms with van der Waals surface area (Å²) in [5.74, 6) is 1.16. The highest BCUT2D eigenvalue weighted by Gasteiger charge is 2.28. The molecule has 2 aliphatic rings. The molecule has 0 unspecified atom stereocenters. The molecule has 2 aromatic carbocycles. The molecule has 0 saturated carbocycles. The number of carbonyl (C=O) groups is 1. The van der Waals surface area contributed by atoms with Gasteiger partial charge in [0, 0.05) is 31.4 Å². The smallest absolute Gasteiger partial charge is 0.310 e. The van der Waals surface area contributed by atoms with Crippen LogP contribution in [0.15, 0.2) is 42.6 Å². The molecule has 1 aromatic heterocycles. The lowest BCUT2D eigenvalue weighted by Gasteiger charge is -2.31. The van der Waals surface area contributed by atoms with Crippen LogP contribution in [0, 0.1) is 19.8 Å². The van der Waals surface area contributed by atoms with E-state index in [0.29, 0.717) is 19.1 Å². The minimum Gasteiger partial charge on any atom is -0.488 e. The lowest BCUT2D eigenvalue weighted by Crippen LogP contribution is -2.40. The number of benzene rings is 2. The van der Waals surface area contributed by atoms with Crippen LogP contribution in [0.2, 0.25) is 0 Å². The van der Waals surface area contributed by atoms with E-state index >= 15 is 0 Å². The molecule has 7 heteroatoms. The van der Waals surface area contributed by atoms with Crippen molar-refractivity contribution in [3.63, 3.8) is 0 Å². The maximum atomic E-state index is 12.1. The Hall–Kier alpha value is -3.45. The Morgan fingerprint density at radius 3 is 2.94 bits per heavy atom. The molecule has 3 aromatic rings. The minimum absolute atomic E-state index is 0.149. The van der Waals surface area contributed by atoms with Crippen molar-refractivity contribution >= 4 is 11.9 Å². The third-order valence-corrected chi connectivity index (χ3v) is 7.42. The molecule has 1 saturated heterocycles. The normalized spacial score (nSPS) is 17.4. The van der Waals surface area contributed by atoms with Gasteiger partial charge in [0.05, 0.1) is 18.7 Å². The number of piperidine rings is 1. The molecular weight excluding hydrogens is 452 g/mol. The summed E-state index contributed by atoms with van der Waals surface area (Å²) in [4.78, 5) is 23.6. The Morgan fingerprint density at radius 1 is 1.19 bits per heavy atom. The van der Waals surface area contributed by atoms with Gasteiger partial charge in [0.15, 0.2) is 0 Å². The maximum absolute atomic E-state index is 12.1. The van der Waals surface area contributed by atoms with Crippen LogP contribution >= 0.6 is 0 Å². The van der Waals surface area contributed by atoms with Crippen LogP contribution < -0.4 is 15.0 Å². The second-order valence-electron chi connectivity index (χ2n) is 9.70. The number of nitrogens with zero attached hydrogens (tertiary/aromatic N) is 3. The first-order valence-corrected chi connectivity index (χ1v) is 12.7. The summed E-state index contributed by atoms with van der Waals surface area (Å²) >= 11 is 0. The highest BCUT2D eigenvalue weighted by molar-refractivity contribution is 5.73. The van der Waals surface area contributed by atoms with Crippen molar-refractivity contribution in [1.29, 1.82) is 0 Å². The van der Waals surface area contributed by atoms with Crippen molar-refractivity contribution in [1.82, 2.24) is 15.3 Å². The lowest BCUT2D eigenvalue weighted by molar-refractivity contribution is -0.145. The van der Waals surface area contributed by atoms with Gasteiger partial charge in [-0.05, 0) is 79.6 Å². The summed E-state index contributed by atoms with van der Waals surface area (Å²) in [7, 11) is 1.44. The van der Waals surface area contributed by atoms with Gasteiger partial charge in [-0.25, -0.2) is 9.97 Å². The standard InChI is InChI=1S/C29H34N4O3/c1-19-6-4-8-25(27(19)36-18-23-10-9-21-16-30-13-11-24(21)20(23)2)26-12-14-31-29(32-26)33-15-5-7-22(17-33)28(34)35-3/h4,6,8-10,12,14,22,30H,5,7,11,13,15-18H2,1-3H3/t22-/m1/s1. The second kappa shape index (κ2) is 10.7. The zero-order valence-corrected chi connectivity index (χ0v) is 21.3. The van der Waals surface area contributed by atoms with Crippen LogP contribution in [0.3, 0.4) is 0 Å². The van der Waals surface area contributed by atoms with Crippen LogP contribution in [0.5, 0.6) is 5.75 Å². The number of esters is 1. The van der Waals surface area contributed by atoms with Gasteiger partial charge in [-0.3, -0.25) is 4.79 Å². The van der Waals surface area contributed by atoms with Crippen molar-refractivity contribution in [2.75, 3.05) is 31.6 Å². The first-order valence-electron chi connectivity index (χ1n) is 12.7. The van der Waals surface area contributed by atoms with E-state index in [9.17, 15) is 4.79 Å². The summed E-state index contributed by atoms with van der Waals surface area (Å²) in [6.45, 7) is 8.13. The van der Waals surface area contributed by atoms with Crippen molar-refractivity contribution in [3.8, 4) is 17.0 Å². The average molecular weight is 487 g/mol. The number of hydrogen-bond acceptors (Lipinski definition) is 7. The number of aromatic nitrogens is 2. The molecule has 0 radical (unpaired) electrons. The Morgan fingerprint density at radius 2 is 2.08 bits per heavy atom.